The van der Waals surface area contributed by atoms with Crippen LogP contribution in [0.15, 0.2) is 0 Å². The van der Waals surface area contributed by atoms with E-state index < -0.39 is 0 Å². The summed E-state index contributed by atoms with van der Waals surface area (Å²) in [4.78, 5) is 16.8. The average molecular weight is 266 g/mol. The zero-order valence-electron chi connectivity index (χ0n) is 11.8. The van der Waals surface area contributed by atoms with E-state index in [1.807, 2.05) is 0 Å². The maximum absolute atomic E-state index is 12.4. The lowest BCUT2D eigenvalue weighted by atomic mass is 9.80. The highest BCUT2D eigenvalue weighted by molar-refractivity contribution is 5.78. The van der Waals surface area contributed by atoms with Gasteiger partial charge in [0.1, 0.15) is 0 Å². The third-order valence-corrected chi connectivity index (χ3v) is 4.92. The van der Waals surface area contributed by atoms with Crippen LogP contribution in [0.25, 0.3) is 0 Å². The number of hydrogen-bond donors (Lipinski definition) is 2. The molecule has 3 aliphatic rings. The molecule has 0 aromatic heterocycles. The van der Waals surface area contributed by atoms with Gasteiger partial charge in [0.2, 0.25) is 5.91 Å². The van der Waals surface area contributed by atoms with Gasteiger partial charge in [-0.1, -0.05) is 0 Å². The van der Waals surface area contributed by atoms with Crippen LogP contribution in [0.1, 0.15) is 19.3 Å². The molecular weight excluding hydrogens is 240 g/mol. The predicted octanol–water partition coefficient (Wildman–Crippen LogP) is -0.506. The molecule has 3 saturated heterocycles. The third kappa shape index (κ3) is 3.09. The van der Waals surface area contributed by atoms with Crippen molar-refractivity contribution >= 4 is 5.91 Å². The summed E-state index contributed by atoms with van der Waals surface area (Å²) in [6, 6.07) is 0. The van der Waals surface area contributed by atoms with Gasteiger partial charge in [0.25, 0.3) is 0 Å². The van der Waals surface area contributed by atoms with Crippen LogP contribution >= 0.6 is 0 Å². The highest BCUT2D eigenvalue weighted by Crippen LogP contribution is 2.36. The Balaban J connectivity index is 1.50. The highest BCUT2D eigenvalue weighted by atomic mass is 16.2. The molecule has 3 rings (SSSR count). The Bertz CT molecular complexity index is 321. The fourth-order valence-electron chi connectivity index (χ4n) is 3.69. The zero-order chi connectivity index (χ0) is 13.1. The minimum Gasteiger partial charge on any atom is -0.341 e. The van der Waals surface area contributed by atoms with Crippen LogP contribution in [0.4, 0.5) is 0 Å². The van der Waals surface area contributed by atoms with E-state index in [1.165, 1.54) is 19.3 Å². The van der Waals surface area contributed by atoms with Gasteiger partial charge in [-0.25, -0.2) is 0 Å². The van der Waals surface area contributed by atoms with E-state index in [1.54, 1.807) is 0 Å². The third-order valence-electron chi connectivity index (χ3n) is 4.92. The van der Waals surface area contributed by atoms with Gasteiger partial charge in [-0.15, -0.1) is 0 Å². The number of nitrogens with zero attached hydrogens (tertiary/aromatic N) is 2. The lowest BCUT2D eigenvalue weighted by Gasteiger charge is -2.34. The van der Waals surface area contributed by atoms with Gasteiger partial charge in [-0.05, 0) is 25.8 Å². The summed E-state index contributed by atoms with van der Waals surface area (Å²) < 4.78 is 0. The minimum atomic E-state index is 0.337. The lowest BCUT2D eigenvalue weighted by Crippen LogP contribution is -2.49. The molecular formula is C14H26N4O. The van der Waals surface area contributed by atoms with Gasteiger partial charge in [0.15, 0.2) is 0 Å². The Morgan fingerprint density at radius 1 is 1.05 bits per heavy atom. The predicted molar refractivity (Wildman–Crippen MR) is 75.0 cm³/mol. The van der Waals surface area contributed by atoms with Gasteiger partial charge in [0.05, 0.1) is 6.54 Å². The standard InChI is InChI=1S/C14H26N4O/c19-13(10-17-8-5-15-6-9-17)18-7-3-14(12-18)2-1-4-16-11-14/h15-16H,1-12H2. The van der Waals surface area contributed by atoms with E-state index in [0.717, 1.165) is 52.4 Å². The first-order valence-electron chi connectivity index (χ1n) is 7.69. The number of carbonyl (C=O) groups excluding carboxylic acids is 1. The van der Waals surface area contributed by atoms with Gasteiger partial charge in [-0.3, -0.25) is 9.69 Å². The maximum atomic E-state index is 12.4. The summed E-state index contributed by atoms with van der Waals surface area (Å²) in [7, 11) is 0. The van der Waals surface area contributed by atoms with Gasteiger partial charge >= 0.3 is 0 Å². The van der Waals surface area contributed by atoms with Crippen LogP contribution in [-0.4, -0.2) is 74.6 Å². The van der Waals surface area contributed by atoms with Crippen molar-refractivity contribution in [2.24, 2.45) is 5.41 Å². The molecule has 3 fully saturated rings. The number of piperidine rings is 1. The molecule has 5 heteroatoms. The van der Waals surface area contributed by atoms with E-state index >= 15 is 0 Å². The van der Waals surface area contributed by atoms with Crippen LogP contribution in [0.5, 0.6) is 0 Å². The molecule has 1 spiro atoms. The number of hydrogen-bond acceptors (Lipinski definition) is 4. The first-order valence-corrected chi connectivity index (χ1v) is 7.69. The molecule has 0 bridgehead atoms. The summed E-state index contributed by atoms with van der Waals surface area (Å²) in [6.07, 6.45) is 3.74. The Morgan fingerprint density at radius 2 is 1.89 bits per heavy atom. The summed E-state index contributed by atoms with van der Waals surface area (Å²) >= 11 is 0. The molecule has 0 saturated carbocycles. The summed E-state index contributed by atoms with van der Waals surface area (Å²) in [5.74, 6) is 0.337. The monoisotopic (exact) mass is 266 g/mol. The molecule has 0 radical (unpaired) electrons. The molecule has 1 unspecified atom stereocenters. The van der Waals surface area contributed by atoms with Gasteiger partial charge in [0, 0.05) is 51.2 Å². The summed E-state index contributed by atoms with van der Waals surface area (Å²) in [6.45, 7) is 8.85. The molecule has 3 heterocycles. The topological polar surface area (TPSA) is 47.6 Å². The van der Waals surface area contributed by atoms with Crippen molar-refractivity contribution in [3.63, 3.8) is 0 Å². The van der Waals surface area contributed by atoms with Crippen molar-refractivity contribution in [2.45, 2.75) is 19.3 Å². The number of carbonyl (C=O) groups is 1. The van der Waals surface area contributed by atoms with Crippen molar-refractivity contribution in [2.75, 3.05) is 58.9 Å². The van der Waals surface area contributed by atoms with Crippen molar-refractivity contribution in [1.29, 1.82) is 0 Å². The number of nitrogens with one attached hydrogen (secondary N) is 2. The molecule has 3 aliphatic heterocycles. The molecule has 1 amide bonds. The molecule has 19 heavy (non-hydrogen) atoms. The maximum Gasteiger partial charge on any atom is 0.236 e. The van der Waals surface area contributed by atoms with E-state index in [2.05, 4.69) is 20.4 Å². The fourth-order valence-corrected chi connectivity index (χ4v) is 3.69. The molecule has 0 aliphatic carbocycles. The Hall–Kier alpha value is -0.650. The first-order chi connectivity index (χ1) is 9.27. The lowest BCUT2D eigenvalue weighted by molar-refractivity contribution is -0.132. The second-order valence-electron chi connectivity index (χ2n) is 6.37. The van der Waals surface area contributed by atoms with Gasteiger partial charge in [-0.2, -0.15) is 0 Å². The second-order valence-corrected chi connectivity index (χ2v) is 6.37. The van der Waals surface area contributed by atoms with Crippen LogP contribution in [-0.2, 0) is 4.79 Å². The summed E-state index contributed by atoms with van der Waals surface area (Å²) in [5.41, 5.74) is 0.386. The van der Waals surface area contributed by atoms with Crippen molar-refractivity contribution in [3.05, 3.63) is 0 Å². The van der Waals surface area contributed by atoms with E-state index in [9.17, 15) is 4.79 Å². The number of likely N-dealkylation sites (tertiary alicyclic amines) is 1. The normalized spacial score (nSPS) is 32.9. The Labute approximate surface area is 115 Å². The summed E-state index contributed by atoms with van der Waals surface area (Å²) in [5, 5.41) is 6.83. The molecule has 0 aromatic rings. The molecule has 108 valence electrons. The minimum absolute atomic E-state index is 0.337. The SMILES string of the molecule is O=C(CN1CCNCC1)N1CCC2(CCCNC2)C1. The van der Waals surface area contributed by atoms with E-state index in [0.29, 0.717) is 17.9 Å². The highest BCUT2D eigenvalue weighted by Gasteiger charge is 2.40. The largest absolute Gasteiger partial charge is 0.341 e. The van der Waals surface area contributed by atoms with Crippen LogP contribution < -0.4 is 10.6 Å². The molecule has 0 aromatic carbocycles. The second kappa shape index (κ2) is 5.77. The Kier molecular flexibility index (Phi) is 4.05. The van der Waals surface area contributed by atoms with E-state index in [-0.39, 0.29) is 0 Å². The van der Waals surface area contributed by atoms with Gasteiger partial charge < -0.3 is 15.5 Å². The fraction of sp³-hybridized carbons (Fsp3) is 0.929. The Morgan fingerprint density at radius 3 is 2.63 bits per heavy atom. The van der Waals surface area contributed by atoms with E-state index in [4.69, 9.17) is 0 Å². The van der Waals surface area contributed by atoms with Crippen molar-refractivity contribution < 1.29 is 4.79 Å². The number of amides is 1. The van der Waals surface area contributed by atoms with Crippen molar-refractivity contribution in [1.82, 2.24) is 20.4 Å². The van der Waals surface area contributed by atoms with Crippen LogP contribution in [0.2, 0.25) is 0 Å². The molecule has 2 N–H and O–H groups in total. The number of piperazine rings is 1. The molecule has 5 nitrogen and oxygen atoms in total. The zero-order valence-corrected chi connectivity index (χ0v) is 11.8. The smallest absolute Gasteiger partial charge is 0.236 e. The first kappa shape index (κ1) is 13.3. The number of rotatable bonds is 2. The van der Waals surface area contributed by atoms with Crippen molar-refractivity contribution in [3.8, 4) is 0 Å². The molecule has 1 atom stereocenters. The van der Waals surface area contributed by atoms with Crippen LogP contribution in [0, 0.1) is 5.41 Å². The average Bonchev–Trinajstić information content (AvgIpc) is 2.85. The van der Waals surface area contributed by atoms with Crippen LogP contribution in [0.3, 0.4) is 0 Å². The quantitative estimate of drug-likeness (QED) is 0.707.